The maximum atomic E-state index is 14.2. The molecule has 2 heterocycles. The molecule has 2 aliphatic heterocycles. The molecule has 0 amide bonds. The van der Waals surface area contributed by atoms with E-state index < -0.39 is 17.7 Å². The first kappa shape index (κ1) is 24.2. The fourth-order valence-electron chi connectivity index (χ4n) is 5.17. The maximum absolute atomic E-state index is 14.2. The number of likely N-dealkylation sites (tertiary alicyclic amines) is 1. The zero-order valence-corrected chi connectivity index (χ0v) is 20.9. The Balaban J connectivity index is 1.43. The van der Waals surface area contributed by atoms with E-state index in [1.165, 1.54) is 18.6 Å². The van der Waals surface area contributed by atoms with E-state index in [4.69, 9.17) is 9.47 Å². The lowest BCUT2D eigenvalue weighted by Gasteiger charge is -2.31. The summed E-state index contributed by atoms with van der Waals surface area (Å²) in [5.41, 5.74) is 3.97. The number of hydrogen-bond donors (Lipinski definition) is 2. The summed E-state index contributed by atoms with van der Waals surface area (Å²) in [6, 6.07) is 17.7. The zero-order chi connectivity index (χ0) is 25.4. The summed E-state index contributed by atoms with van der Waals surface area (Å²) in [6.45, 7) is 9.26. The van der Waals surface area contributed by atoms with Crippen LogP contribution >= 0.6 is 0 Å². The highest BCUT2D eigenvalue weighted by atomic mass is 19.1. The molecule has 3 aromatic carbocycles. The molecule has 0 radical (unpaired) electrons. The van der Waals surface area contributed by atoms with Gasteiger partial charge in [0.1, 0.15) is 30.0 Å². The lowest BCUT2D eigenvalue weighted by Crippen LogP contribution is -2.35. The van der Waals surface area contributed by atoms with Crippen LogP contribution in [0.4, 0.5) is 4.39 Å². The molecule has 1 saturated heterocycles. The standard InChI is InChI=1S/C30H32FNO4/c1-18-11-12-32(16-18)19(2)17-35-24-9-7-21(8-10-24)30-29(22-5-4-6-23(33)13-22)20(3)25-14-27(34)26(31)15-28(25)36-30/h4-10,13-15,18-19,30,33-34H,11-12,16-17H2,1-3H3/t18-,19+,30?/m1/s1. The first-order valence-corrected chi connectivity index (χ1v) is 12.5. The van der Waals surface area contributed by atoms with Crippen molar-refractivity contribution in [1.29, 1.82) is 0 Å². The minimum Gasteiger partial charge on any atom is -0.508 e. The summed E-state index contributed by atoms with van der Waals surface area (Å²) >= 11 is 0. The van der Waals surface area contributed by atoms with E-state index in [9.17, 15) is 14.6 Å². The number of phenols is 2. The molecular formula is C30H32FNO4. The third-order valence-electron chi connectivity index (χ3n) is 7.27. The van der Waals surface area contributed by atoms with Gasteiger partial charge in [-0.25, -0.2) is 4.39 Å². The van der Waals surface area contributed by atoms with Crippen LogP contribution in [-0.2, 0) is 0 Å². The van der Waals surface area contributed by atoms with Gasteiger partial charge in [-0.3, -0.25) is 4.90 Å². The van der Waals surface area contributed by atoms with E-state index in [1.807, 2.05) is 37.3 Å². The summed E-state index contributed by atoms with van der Waals surface area (Å²) in [5.74, 6) is 0.873. The molecule has 36 heavy (non-hydrogen) atoms. The number of hydrogen-bond acceptors (Lipinski definition) is 5. The molecule has 0 aliphatic carbocycles. The van der Waals surface area contributed by atoms with Crippen molar-refractivity contribution in [3.05, 3.63) is 83.2 Å². The van der Waals surface area contributed by atoms with Crippen LogP contribution in [0.3, 0.4) is 0 Å². The number of aromatic hydroxyl groups is 2. The van der Waals surface area contributed by atoms with Crippen LogP contribution in [-0.4, -0.2) is 40.9 Å². The molecule has 2 N–H and O–H groups in total. The summed E-state index contributed by atoms with van der Waals surface area (Å²) in [4.78, 5) is 2.47. The van der Waals surface area contributed by atoms with Crippen LogP contribution in [0.2, 0.25) is 0 Å². The average Bonchev–Trinajstić information content (AvgIpc) is 3.30. The molecule has 3 atom stereocenters. The topological polar surface area (TPSA) is 62.2 Å². The first-order valence-electron chi connectivity index (χ1n) is 12.5. The largest absolute Gasteiger partial charge is 0.508 e. The van der Waals surface area contributed by atoms with Gasteiger partial charge in [0, 0.05) is 29.8 Å². The maximum Gasteiger partial charge on any atom is 0.168 e. The molecule has 188 valence electrons. The third-order valence-corrected chi connectivity index (χ3v) is 7.27. The molecular weight excluding hydrogens is 457 g/mol. The molecule has 1 fully saturated rings. The highest BCUT2D eigenvalue weighted by molar-refractivity contribution is 5.95. The van der Waals surface area contributed by atoms with Crippen LogP contribution in [0.25, 0.3) is 11.1 Å². The molecule has 0 spiro atoms. The van der Waals surface area contributed by atoms with Crippen molar-refractivity contribution in [1.82, 2.24) is 4.90 Å². The molecule has 0 aromatic heterocycles. The molecule has 5 rings (SSSR count). The fourth-order valence-corrected chi connectivity index (χ4v) is 5.17. The SMILES string of the molecule is CC1=C(c2cccc(O)c2)C(c2ccc(OC[C@H](C)N3CC[C@@H](C)C3)cc2)Oc2cc(F)c(O)cc21. The Labute approximate surface area is 211 Å². The zero-order valence-electron chi connectivity index (χ0n) is 20.9. The van der Waals surface area contributed by atoms with E-state index >= 15 is 0 Å². The molecule has 1 unspecified atom stereocenters. The van der Waals surface area contributed by atoms with Crippen LogP contribution in [0.5, 0.6) is 23.0 Å². The smallest absolute Gasteiger partial charge is 0.168 e. The molecule has 6 heteroatoms. The predicted octanol–water partition coefficient (Wildman–Crippen LogP) is 6.41. The third kappa shape index (κ3) is 4.78. The van der Waals surface area contributed by atoms with E-state index in [1.54, 1.807) is 18.2 Å². The van der Waals surface area contributed by atoms with Crippen molar-refractivity contribution in [3.63, 3.8) is 0 Å². The number of benzene rings is 3. The van der Waals surface area contributed by atoms with E-state index in [-0.39, 0.29) is 5.75 Å². The van der Waals surface area contributed by atoms with Gasteiger partial charge in [0.15, 0.2) is 11.6 Å². The number of ether oxygens (including phenoxy) is 2. The van der Waals surface area contributed by atoms with Crippen molar-refractivity contribution < 1.29 is 24.1 Å². The Morgan fingerprint density at radius 3 is 2.58 bits per heavy atom. The quantitative estimate of drug-likeness (QED) is 0.419. The van der Waals surface area contributed by atoms with Gasteiger partial charge in [-0.05, 0) is 79.8 Å². The highest BCUT2D eigenvalue weighted by Crippen LogP contribution is 2.48. The normalized spacial score (nSPS) is 20.7. The van der Waals surface area contributed by atoms with Gasteiger partial charge in [0.25, 0.3) is 0 Å². The van der Waals surface area contributed by atoms with Gasteiger partial charge >= 0.3 is 0 Å². The number of phenolic OH excluding ortho intramolecular Hbond substituents is 2. The van der Waals surface area contributed by atoms with Gasteiger partial charge in [-0.1, -0.05) is 31.2 Å². The monoisotopic (exact) mass is 489 g/mol. The van der Waals surface area contributed by atoms with Crippen LogP contribution in [0, 0.1) is 11.7 Å². The summed E-state index contributed by atoms with van der Waals surface area (Å²) in [7, 11) is 0. The van der Waals surface area contributed by atoms with Crippen LogP contribution in [0.1, 0.15) is 50.0 Å². The second-order valence-electron chi connectivity index (χ2n) is 10.0. The van der Waals surface area contributed by atoms with Crippen LogP contribution < -0.4 is 9.47 Å². The summed E-state index contributed by atoms with van der Waals surface area (Å²) in [6.07, 6.45) is 0.712. The summed E-state index contributed by atoms with van der Waals surface area (Å²) < 4.78 is 26.6. The van der Waals surface area contributed by atoms with Gasteiger partial charge in [0.2, 0.25) is 0 Å². The molecule has 2 aliphatic rings. The van der Waals surface area contributed by atoms with Crippen molar-refractivity contribution in [2.75, 3.05) is 19.7 Å². The minimum absolute atomic E-state index is 0.143. The second-order valence-corrected chi connectivity index (χ2v) is 10.0. The van der Waals surface area contributed by atoms with Crippen LogP contribution in [0.15, 0.2) is 60.7 Å². The van der Waals surface area contributed by atoms with E-state index in [0.29, 0.717) is 24.0 Å². The molecule has 5 nitrogen and oxygen atoms in total. The number of halogens is 1. The Hall–Kier alpha value is -3.51. The van der Waals surface area contributed by atoms with Crippen molar-refractivity contribution >= 4 is 11.1 Å². The highest BCUT2D eigenvalue weighted by Gasteiger charge is 2.31. The number of allylic oxidation sites excluding steroid dienone is 1. The van der Waals surface area contributed by atoms with E-state index in [0.717, 1.165) is 47.0 Å². The van der Waals surface area contributed by atoms with Gasteiger partial charge in [-0.15, -0.1) is 0 Å². The Morgan fingerprint density at radius 1 is 1.11 bits per heavy atom. The van der Waals surface area contributed by atoms with Crippen molar-refractivity contribution in [3.8, 4) is 23.0 Å². The van der Waals surface area contributed by atoms with E-state index in [2.05, 4.69) is 18.7 Å². The lowest BCUT2D eigenvalue weighted by atomic mass is 9.86. The van der Waals surface area contributed by atoms with Crippen molar-refractivity contribution in [2.24, 2.45) is 5.92 Å². The van der Waals surface area contributed by atoms with Gasteiger partial charge < -0.3 is 19.7 Å². The van der Waals surface area contributed by atoms with Crippen molar-refractivity contribution in [2.45, 2.75) is 39.3 Å². The average molecular weight is 490 g/mol. The number of rotatable bonds is 6. The molecule has 0 bridgehead atoms. The Bertz CT molecular complexity index is 1290. The summed E-state index contributed by atoms with van der Waals surface area (Å²) in [5, 5.41) is 20.1. The van der Waals surface area contributed by atoms with Gasteiger partial charge in [-0.2, -0.15) is 0 Å². The number of fused-ring (bicyclic) bond motifs is 1. The number of nitrogens with zero attached hydrogens (tertiary/aromatic N) is 1. The fraction of sp³-hybridized carbons (Fsp3) is 0.333. The minimum atomic E-state index is -0.730. The molecule has 0 saturated carbocycles. The lowest BCUT2D eigenvalue weighted by molar-refractivity contribution is 0.169. The Kier molecular flexibility index (Phi) is 6.63. The Morgan fingerprint density at radius 2 is 1.89 bits per heavy atom. The first-order chi connectivity index (χ1) is 17.3. The molecule has 3 aromatic rings. The van der Waals surface area contributed by atoms with Gasteiger partial charge in [0.05, 0.1) is 0 Å². The second kappa shape index (κ2) is 9.86. The predicted molar refractivity (Wildman–Crippen MR) is 139 cm³/mol.